The van der Waals surface area contributed by atoms with E-state index < -0.39 is 0 Å². The summed E-state index contributed by atoms with van der Waals surface area (Å²) in [5.74, 6) is 0.766. The van der Waals surface area contributed by atoms with Gasteiger partial charge in [0.05, 0.1) is 12.2 Å². The van der Waals surface area contributed by atoms with Crippen LogP contribution in [0, 0.1) is 0 Å². The molecule has 0 spiro atoms. The van der Waals surface area contributed by atoms with Gasteiger partial charge in [0.25, 0.3) is 0 Å². The monoisotopic (exact) mass is 285 g/mol. The maximum Gasteiger partial charge on any atom is 0.241 e. The largest absolute Gasteiger partial charge is 0.444 e. The zero-order valence-corrected chi connectivity index (χ0v) is 11.8. The lowest BCUT2D eigenvalue weighted by molar-refractivity contribution is -0.118. The Kier molecular flexibility index (Phi) is 4.31. The molecule has 0 aliphatic carbocycles. The van der Waals surface area contributed by atoms with Crippen molar-refractivity contribution in [1.29, 1.82) is 0 Å². The van der Waals surface area contributed by atoms with Crippen molar-refractivity contribution in [2.75, 3.05) is 11.9 Å². The first-order valence-electron chi connectivity index (χ1n) is 7.36. The third-order valence-corrected chi connectivity index (χ3v) is 3.75. The number of hydrogen-bond acceptors (Lipinski definition) is 4. The van der Waals surface area contributed by atoms with Gasteiger partial charge in [-0.3, -0.25) is 4.79 Å². The van der Waals surface area contributed by atoms with E-state index in [4.69, 9.17) is 4.42 Å². The molecule has 1 aliphatic heterocycles. The molecule has 1 amide bonds. The van der Waals surface area contributed by atoms with Crippen molar-refractivity contribution in [3.05, 3.63) is 36.9 Å². The highest BCUT2D eigenvalue weighted by molar-refractivity contribution is 5.95. The predicted octanol–water partition coefficient (Wildman–Crippen LogP) is 2.81. The van der Waals surface area contributed by atoms with E-state index in [1.165, 1.54) is 12.8 Å². The minimum Gasteiger partial charge on any atom is -0.444 e. The second-order valence-electron chi connectivity index (χ2n) is 5.29. The molecule has 2 heterocycles. The van der Waals surface area contributed by atoms with E-state index in [0.717, 1.165) is 42.8 Å². The third-order valence-electron chi connectivity index (χ3n) is 3.75. The highest BCUT2D eigenvalue weighted by Crippen LogP contribution is 2.21. The number of nitrogens with zero attached hydrogens (tertiary/aromatic N) is 1. The van der Waals surface area contributed by atoms with Gasteiger partial charge in [0.2, 0.25) is 5.91 Å². The number of rotatable bonds is 3. The molecule has 2 aromatic rings. The lowest BCUT2D eigenvalue weighted by atomic mass is 10.1. The molecule has 110 valence electrons. The highest BCUT2D eigenvalue weighted by atomic mass is 16.3. The van der Waals surface area contributed by atoms with E-state index in [-0.39, 0.29) is 11.9 Å². The number of carbonyl (C=O) groups excluding carboxylic acids is 1. The van der Waals surface area contributed by atoms with Crippen molar-refractivity contribution < 1.29 is 9.21 Å². The molecule has 3 rings (SSSR count). The minimum absolute atomic E-state index is 0.0457. The van der Waals surface area contributed by atoms with Crippen molar-refractivity contribution >= 4 is 11.6 Å². The Morgan fingerprint density at radius 1 is 1.24 bits per heavy atom. The number of amides is 1. The zero-order valence-electron chi connectivity index (χ0n) is 11.8. The lowest BCUT2D eigenvalue weighted by Gasteiger charge is -2.15. The van der Waals surface area contributed by atoms with Crippen LogP contribution in [0.5, 0.6) is 0 Å². The van der Waals surface area contributed by atoms with Gasteiger partial charge in [-0.25, -0.2) is 4.98 Å². The fourth-order valence-corrected chi connectivity index (χ4v) is 2.56. The molecule has 5 nitrogen and oxygen atoms in total. The van der Waals surface area contributed by atoms with Crippen LogP contribution in [0.15, 0.2) is 41.3 Å². The molecule has 1 saturated heterocycles. The highest BCUT2D eigenvalue weighted by Gasteiger charge is 2.19. The Morgan fingerprint density at radius 3 is 2.86 bits per heavy atom. The average molecular weight is 285 g/mol. The Balaban J connectivity index is 1.63. The van der Waals surface area contributed by atoms with Gasteiger partial charge in [-0.1, -0.05) is 12.8 Å². The molecule has 5 heteroatoms. The fourth-order valence-electron chi connectivity index (χ4n) is 2.56. The molecular weight excluding hydrogens is 266 g/mol. The minimum atomic E-state index is -0.0820. The molecule has 1 atom stereocenters. The smallest absolute Gasteiger partial charge is 0.241 e. The van der Waals surface area contributed by atoms with Crippen LogP contribution in [0.4, 0.5) is 5.69 Å². The number of hydrogen-bond donors (Lipinski definition) is 2. The summed E-state index contributed by atoms with van der Waals surface area (Å²) in [6, 6.07) is 7.51. The van der Waals surface area contributed by atoms with Gasteiger partial charge in [-0.15, -0.1) is 0 Å². The summed E-state index contributed by atoms with van der Waals surface area (Å²) in [6.45, 7) is 0.919. The number of benzene rings is 1. The average Bonchev–Trinajstić information content (AvgIpc) is 2.90. The van der Waals surface area contributed by atoms with Crippen LogP contribution in [0.3, 0.4) is 0 Å². The summed E-state index contributed by atoms with van der Waals surface area (Å²) in [7, 11) is 0. The summed E-state index contributed by atoms with van der Waals surface area (Å²) in [5, 5.41) is 6.26. The predicted molar refractivity (Wildman–Crippen MR) is 80.8 cm³/mol. The van der Waals surface area contributed by atoms with E-state index in [2.05, 4.69) is 15.6 Å². The topological polar surface area (TPSA) is 67.2 Å². The van der Waals surface area contributed by atoms with Gasteiger partial charge in [-0.05, 0) is 43.7 Å². The van der Waals surface area contributed by atoms with E-state index in [0.29, 0.717) is 0 Å². The van der Waals surface area contributed by atoms with Crippen LogP contribution in [0.1, 0.15) is 25.7 Å². The van der Waals surface area contributed by atoms with Crippen LogP contribution in [0.2, 0.25) is 0 Å². The van der Waals surface area contributed by atoms with Gasteiger partial charge < -0.3 is 15.1 Å². The number of nitrogens with one attached hydrogen (secondary N) is 2. The Hall–Kier alpha value is -2.14. The van der Waals surface area contributed by atoms with Crippen molar-refractivity contribution in [2.24, 2.45) is 0 Å². The second-order valence-corrected chi connectivity index (χ2v) is 5.29. The maximum atomic E-state index is 12.2. The first-order valence-corrected chi connectivity index (χ1v) is 7.36. The molecule has 0 saturated carbocycles. The van der Waals surface area contributed by atoms with Gasteiger partial charge in [-0.2, -0.15) is 0 Å². The van der Waals surface area contributed by atoms with E-state index in [1.807, 2.05) is 24.3 Å². The molecule has 2 N–H and O–H groups in total. The normalized spacial score (nSPS) is 19.0. The molecule has 21 heavy (non-hydrogen) atoms. The van der Waals surface area contributed by atoms with Gasteiger partial charge in [0, 0.05) is 11.3 Å². The Labute approximate surface area is 123 Å². The first-order chi connectivity index (χ1) is 10.3. The summed E-state index contributed by atoms with van der Waals surface area (Å²) >= 11 is 0. The maximum absolute atomic E-state index is 12.2. The van der Waals surface area contributed by atoms with Crippen LogP contribution in [-0.2, 0) is 4.79 Å². The number of carbonyl (C=O) groups is 1. The summed E-state index contributed by atoms with van der Waals surface area (Å²) in [6.07, 6.45) is 7.43. The zero-order chi connectivity index (χ0) is 14.5. The molecule has 1 aromatic heterocycles. The third kappa shape index (κ3) is 3.49. The van der Waals surface area contributed by atoms with E-state index in [9.17, 15) is 4.79 Å². The van der Waals surface area contributed by atoms with Gasteiger partial charge in [0.1, 0.15) is 0 Å². The molecular formula is C16H19N3O2. The molecule has 0 radical (unpaired) electrons. The second kappa shape index (κ2) is 6.54. The number of aromatic nitrogens is 1. The van der Waals surface area contributed by atoms with E-state index >= 15 is 0 Å². The number of anilines is 1. The SMILES string of the molecule is O=C(Nc1ccc(-c2cnco2)cc1)C1CCCCCN1. The summed E-state index contributed by atoms with van der Waals surface area (Å²) in [5.41, 5.74) is 1.74. The van der Waals surface area contributed by atoms with Crippen molar-refractivity contribution in [3.8, 4) is 11.3 Å². The van der Waals surface area contributed by atoms with Gasteiger partial charge in [0.15, 0.2) is 12.2 Å². The Morgan fingerprint density at radius 2 is 2.10 bits per heavy atom. The molecule has 1 aromatic carbocycles. The lowest BCUT2D eigenvalue weighted by Crippen LogP contribution is -2.39. The van der Waals surface area contributed by atoms with Crippen molar-refractivity contribution in [1.82, 2.24) is 10.3 Å². The van der Waals surface area contributed by atoms with Crippen molar-refractivity contribution in [2.45, 2.75) is 31.7 Å². The van der Waals surface area contributed by atoms with Crippen LogP contribution in [-0.4, -0.2) is 23.5 Å². The quantitative estimate of drug-likeness (QED) is 0.910. The fraction of sp³-hybridized carbons (Fsp3) is 0.375. The van der Waals surface area contributed by atoms with Gasteiger partial charge >= 0.3 is 0 Å². The summed E-state index contributed by atoms with van der Waals surface area (Å²) in [4.78, 5) is 16.1. The molecule has 1 unspecified atom stereocenters. The first kappa shape index (κ1) is 13.8. The molecule has 1 aliphatic rings. The molecule has 1 fully saturated rings. The Bertz CT molecular complexity index is 570. The molecule has 0 bridgehead atoms. The van der Waals surface area contributed by atoms with Crippen LogP contribution >= 0.6 is 0 Å². The standard InChI is InChI=1S/C16H19N3O2/c20-16(14-4-2-1-3-9-18-14)19-13-7-5-12(6-8-13)15-10-17-11-21-15/h5-8,10-11,14,18H,1-4,9H2,(H,19,20). The van der Waals surface area contributed by atoms with E-state index in [1.54, 1.807) is 6.20 Å². The van der Waals surface area contributed by atoms with Crippen molar-refractivity contribution in [3.63, 3.8) is 0 Å². The summed E-state index contributed by atoms with van der Waals surface area (Å²) < 4.78 is 5.24. The van der Waals surface area contributed by atoms with Crippen LogP contribution < -0.4 is 10.6 Å². The number of oxazole rings is 1. The van der Waals surface area contributed by atoms with Crippen LogP contribution in [0.25, 0.3) is 11.3 Å².